The maximum atomic E-state index is 14.8. The van der Waals surface area contributed by atoms with E-state index in [-0.39, 0.29) is 30.4 Å². The average Bonchev–Trinajstić information content (AvgIpc) is 2.89. The van der Waals surface area contributed by atoms with Crippen molar-refractivity contribution >= 4 is 27.5 Å². The van der Waals surface area contributed by atoms with Gasteiger partial charge in [0.2, 0.25) is 21.8 Å². The highest BCUT2D eigenvalue weighted by Gasteiger charge is 2.34. The Bertz CT molecular complexity index is 1410. The number of hydrogen-bond acceptors (Lipinski definition) is 4. The van der Waals surface area contributed by atoms with Crippen LogP contribution in [0.1, 0.15) is 36.1 Å². The molecule has 0 saturated carbocycles. The fraction of sp³-hybridized carbons (Fsp3) is 0.355. The molecule has 214 valence electrons. The first-order chi connectivity index (χ1) is 18.9. The molecule has 0 fully saturated rings. The zero-order chi connectivity index (χ0) is 29.4. The SMILES string of the molecule is Cc1cccc(C)c1N(CC(=O)N(Cc1ccccc1F)[C@@H](Cc1ccccc1)C(=O)NCC(C)C)S(C)(=O)=O. The Morgan fingerprint density at radius 3 is 2.08 bits per heavy atom. The lowest BCUT2D eigenvalue weighted by molar-refractivity contribution is -0.140. The van der Waals surface area contributed by atoms with Crippen molar-refractivity contribution in [1.82, 2.24) is 10.2 Å². The number of nitrogens with zero attached hydrogens (tertiary/aromatic N) is 2. The van der Waals surface area contributed by atoms with Gasteiger partial charge >= 0.3 is 0 Å². The number of sulfonamides is 1. The predicted molar refractivity (Wildman–Crippen MR) is 157 cm³/mol. The first kappa shape index (κ1) is 30.8. The molecule has 40 heavy (non-hydrogen) atoms. The summed E-state index contributed by atoms with van der Waals surface area (Å²) in [5, 5.41) is 2.91. The summed E-state index contributed by atoms with van der Waals surface area (Å²) in [6, 6.07) is 19.7. The lowest BCUT2D eigenvalue weighted by Crippen LogP contribution is -2.54. The van der Waals surface area contributed by atoms with E-state index < -0.39 is 34.3 Å². The molecule has 0 heterocycles. The van der Waals surface area contributed by atoms with Crippen LogP contribution in [-0.2, 0) is 32.6 Å². The molecule has 0 aliphatic heterocycles. The largest absolute Gasteiger partial charge is 0.354 e. The number of benzene rings is 3. The lowest BCUT2D eigenvalue weighted by atomic mass is 10.0. The second kappa shape index (κ2) is 13.6. The Kier molecular flexibility index (Phi) is 10.5. The van der Waals surface area contributed by atoms with Crippen LogP contribution >= 0.6 is 0 Å². The van der Waals surface area contributed by atoms with E-state index in [0.29, 0.717) is 23.4 Å². The van der Waals surface area contributed by atoms with Gasteiger partial charge in [-0.1, -0.05) is 80.6 Å². The molecule has 0 radical (unpaired) electrons. The minimum absolute atomic E-state index is 0.168. The summed E-state index contributed by atoms with van der Waals surface area (Å²) in [4.78, 5) is 29.0. The number of rotatable bonds is 12. The molecule has 9 heteroatoms. The summed E-state index contributed by atoms with van der Waals surface area (Å²) in [7, 11) is -3.89. The molecule has 1 atom stereocenters. The van der Waals surface area contributed by atoms with E-state index in [2.05, 4.69) is 5.32 Å². The van der Waals surface area contributed by atoms with Gasteiger partial charge in [-0.3, -0.25) is 13.9 Å². The van der Waals surface area contributed by atoms with Crippen LogP contribution in [0.3, 0.4) is 0 Å². The number of halogens is 1. The predicted octanol–water partition coefficient (Wildman–Crippen LogP) is 4.62. The van der Waals surface area contributed by atoms with Gasteiger partial charge in [0.25, 0.3) is 0 Å². The van der Waals surface area contributed by atoms with Crippen molar-refractivity contribution in [2.24, 2.45) is 5.92 Å². The molecule has 0 aliphatic rings. The maximum Gasteiger partial charge on any atom is 0.244 e. The lowest BCUT2D eigenvalue weighted by Gasteiger charge is -2.34. The standard InChI is InChI=1S/C31H38FN3O4S/c1-22(2)19-33-31(37)28(18-25-14-7-6-8-15-25)34(20-26-16-9-10-17-27(26)32)29(36)21-35(40(5,38)39)30-23(3)12-11-13-24(30)4/h6-17,22,28H,18-21H2,1-5H3,(H,33,37)/t28-/m0/s1. The van der Waals surface area contributed by atoms with Gasteiger partial charge in [0.15, 0.2) is 0 Å². The van der Waals surface area contributed by atoms with E-state index in [4.69, 9.17) is 0 Å². The molecular formula is C31H38FN3O4S. The number of carbonyl (C=O) groups is 2. The molecule has 3 aromatic rings. The number of aryl methyl sites for hydroxylation is 2. The molecular weight excluding hydrogens is 529 g/mol. The minimum atomic E-state index is -3.89. The highest BCUT2D eigenvalue weighted by molar-refractivity contribution is 7.92. The van der Waals surface area contributed by atoms with Gasteiger partial charge in [0.05, 0.1) is 11.9 Å². The summed E-state index contributed by atoms with van der Waals surface area (Å²) in [5.41, 5.74) is 2.83. The van der Waals surface area contributed by atoms with Gasteiger partial charge in [-0.15, -0.1) is 0 Å². The molecule has 0 spiro atoms. The second-order valence-electron chi connectivity index (χ2n) is 10.5. The van der Waals surface area contributed by atoms with Crippen molar-refractivity contribution in [3.8, 4) is 0 Å². The van der Waals surface area contributed by atoms with Crippen LogP contribution in [0, 0.1) is 25.6 Å². The first-order valence-electron chi connectivity index (χ1n) is 13.3. The van der Waals surface area contributed by atoms with Gasteiger partial charge in [0, 0.05) is 25.1 Å². The average molecular weight is 568 g/mol. The summed E-state index contributed by atoms with van der Waals surface area (Å²) >= 11 is 0. The Balaban J connectivity index is 2.09. The van der Waals surface area contributed by atoms with Crippen molar-refractivity contribution in [3.05, 3.63) is 101 Å². The summed E-state index contributed by atoms with van der Waals surface area (Å²) < 4.78 is 41.9. The Morgan fingerprint density at radius 2 is 1.50 bits per heavy atom. The van der Waals surface area contributed by atoms with E-state index in [0.717, 1.165) is 16.1 Å². The Labute approximate surface area is 237 Å². The highest BCUT2D eigenvalue weighted by atomic mass is 32.2. The van der Waals surface area contributed by atoms with Crippen LogP contribution in [-0.4, -0.2) is 50.5 Å². The number of hydrogen-bond donors (Lipinski definition) is 1. The molecule has 3 rings (SSSR count). The molecule has 0 aromatic heterocycles. The molecule has 0 saturated heterocycles. The van der Waals surface area contributed by atoms with Crippen LogP contribution in [0.2, 0.25) is 0 Å². The first-order valence-corrected chi connectivity index (χ1v) is 15.1. The fourth-order valence-electron chi connectivity index (χ4n) is 4.56. The topological polar surface area (TPSA) is 86.8 Å². The van der Waals surface area contributed by atoms with E-state index in [9.17, 15) is 22.4 Å². The highest BCUT2D eigenvalue weighted by Crippen LogP contribution is 2.27. The van der Waals surface area contributed by atoms with Crippen molar-refractivity contribution in [2.75, 3.05) is 23.7 Å². The van der Waals surface area contributed by atoms with Gasteiger partial charge in [-0.05, 0) is 42.5 Å². The van der Waals surface area contributed by atoms with Crippen LogP contribution < -0.4 is 9.62 Å². The molecule has 0 aliphatic carbocycles. The second-order valence-corrected chi connectivity index (χ2v) is 12.4. The third kappa shape index (κ3) is 8.14. The summed E-state index contributed by atoms with van der Waals surface area (Å²) in [6.45, 7) is 7.12. The summed E-state index contributed by atoms with van der Waals surface area (Å²) in [6.07, 6.45) is 1.22. The van der Waals surface area contributed by atoms with E-state index in [1.165, 1.54) is 11.0 Å². The number of carbonyl (C=O) groups excluding carboxylic acids is 2. The van der Waals surface area contributed by atoms with Crippen molar-refractivity contribution in [2.45, 2.75) is 46.7 Å². The fourth-order valence-corrected chi connectivity index (χ4v) is 5.53. The van der Waals surface area contributed by atoms with Crippen LogP contribution in [0.15, 0.2) is 72.8 Å². The molecule has 2 amide bonds. The number of para-hydroxylation sites is 1. The third-order valence-corrected chi connectivity index (χ3v) is 7.73. The number of nitrogens with one attached hydrogen (secondary N) is 1. The zero-order valence-electron chi connectivity index (χ0n) is 23.7. The van der Waals surface area contributed by atoms with Gasteiger partial charge in [0.1, 0.15) is 18.4 Å². The number of anilines is 1. The quantitative estimate of drug-likeness (QED) is 0.346. The van der Waals surface area contributed by atoms with E-state index >= 15 is 0 Å². The van der Waals surface area contributed by atoms with Gasteiger partial charge < -0.3 is 10.2 Å². The normalized spacial score (nSPS) is 12.2. The van der Waals surface area contributed by atoms with Crippen LogP contribution in [0.25, 0.3) is 0 Å². The van der Waals surface area contributed by atoms with E-state index in [1.807, 2.05) is 50.2 Å². The Hall–Kier alpha value is -3.72. The van der Waals surface area contributed by atoms with Crippen molar-refractivity contribution in [1.29, 1.82) is 0 Å². The number of amides is 2. The molecule has 3 aromatic carbocycles. The van der Waals surface area contributed by atoms with E-state index in [1.54, 1.807) is 44.2 Å². The van der Waals surface area contributed by atoms with Crippen LogP contribution in [0.4, 0.5) is 10.1 Å². The maximum absolute atomic E-state index is 14.8. The zero-order valence-corrected chi connectivity index (χ0v) is 24.5. The monoisotopic (exact) mass is 567 g/mol. The molecule has 1 N–H and O–H groups in total. The molecule has 0 bridgehead atoms. The third-order valence-electron chi connectivity index (χ3n) is 6.62. The summed E-state index contributed by atoms with van der Waals surface area (Å²) in [5.74, 6) is -1.35. The molecule has 7 nitrogen and oxygen atoms in total. The van der Waals surface area contributed by atoms with Gasteiger partial charge in [-0.25, -0.2) is 12.8 Å². The minimum Gasteiger partial charge on any atom is -0.354 e. The smallest absolute Gasteiger partial charge is 0.244 e. The van der Waals surface area contributed by atoms with Crippen molar-refractivity contribution in [3.63, 3.8) is 0 Å². The van der Waals surface area contributed by atoms with Crippen LogP contribution in [0.5, 0.6) is 0 Å². The van der Waals surface area contributed by atoms with Crippen molar-refractivity contribution < 1.29 is 22.4 Å². The Morgan fingerprint density at radius 1 is 0.900 bits per heavy atom. The van der Waals surface area contributed by atoms with Gasteiger partial charge in [-0.2, -0.15) is 0 Å². The molecule has 0 unspecified atom stereocenters.